The lowest BCUT2D eigenvalue weighted by molar-refractivity contribution is 0.698. The summed E-state index contributed by atoms with van der Waals surface area (Å²) in [4.78, 5) is 0.525. The summed E-state index contributed by atoms with van der Waals surface area (Å²) in [6.45, 7) is 4.16. The molecule has 62 valence electrons. The van der Waals surface area contributed by atoms with E-state index in [1.54, 1.807) is 0 Å². The second-order valence-corrected chi connectivity index (χ2v) is 4.45. The molecule has 0 amide bonds. The number of hydrogen-bond acceptors (Lipinski definition) is 1. The summed E-state index contributed by atoms with van der Waals surface area (Å²) < 4.78 is 1.94. The third-order valence-corrected chi connectivity index (χ3v) is 1.91. The van der Waals surface area contributed by atoms with E-state index in [1.165, 1.54) is 5.69 Å². The van der Waals surface area contributed by atoms with Crippen molar-refractivity contribution in [2.75, 3.05) is 0 Å². The molecule has 0 radical (unpaired) electrons. The highest BCUT2D eigenvalue weighted by Gasteiger charge is 2.04. The van der Waals surface area contributed by atoms with Gasteiger partial charge in [0.2, 0.25) is 0 Å². The van der Waals surface area contributed by atoms with Crippen molar-refractivity contribution in [3.05, 3.63) is 17.5 Å². The van der Waals surface area contributed by atoms with Crippen LogP contribution in [0.3, 0.4) is 0 Å². The third-order valence-electron chi connectivity index (χ3n) is 1.59. The van der Waals surface area contributed by atoms with Crippen LogP contribution in [-0.4, -0.2) is 14.6 Å². The van der Waals surface area contributed by atoms with Crippen molar-refractivity contribution in [3.8, 4) is 0 Å². The quantitative estimate of drug-likeness (QED) is 0.693. The molecule has 0 aliphatic rings. The maximum atomic E-state index is 4.26. The van der Waals surface area contributed by atoms with Crippen LogP contribution in [0, 0.1) is 6.92 Å². The van der Waals surface area contributed by atoms with Crippen molar-refractivity contribution in [1.29, 1.82) is 0 Å². The van der Waals surface area contributed by atoms with E-state index in [2.05, 4.69) is 34.0 Å². The Morgan fingerprint density at radius 1 is 1.73 bits per heavy atom. The Hall–Kier alpha value is -0.310. The molecular weight excluding hydrogens is 204 g/mol. The third kappa shape index (κ3) is 2.33. The van der Waals surface area contributed by atoms with E-state index in [0.717, 1.165) is 12.1 Å². The topological polar surface area (TPSA) is 17.8 Å². The molecule has 0 aliphatic carbocycles. The molecule has 3 heteroatoms. The van der Waals surface area contributed by atoms with Crippen molar-refractivity contribution < 1.29 is 0 Å². The number of halogens is 1. The molecule has 0 spiro atoms. The Balaban J connectivity index is 2.77. The van der Waals surface area contributed by atoms with Gasteiger partial charge >= 0.3 is 0 Å². The summed E-state index contributed by atoms with van der Waals surface area (Å²) in [7, 11) is 1.98. The number of aromatic nitrogens is 2. The van der Waals surface area contributed by atoms with E-state index in [9.17, 15) is 0 Å². The first-order valence-electron chi connectivity index (χ1n) is 3.73. The minimum absolute atomic E-state index is 0.525. The van der Waals surface area contributed by atoms with E-state index in [4.69, 9.17) is 0 Å². The van der Waals surface area contributed by atoms with E-state index in [-0.39, 0.29) is 0 Å². The van der Waals surface area contributed by atoms with Gasteiger partial charge in [0.15, 0.2) is 0 Å². The standard InChI is InChI=1S/C8H13BrN2/c1-6(9)4-8-5-7(2)10-11(8)3/h5-6H,4H2,1-3H3. The summed E-state index contributed by atoms with van der Waals surface area (Å²) in [6, 6.07) is 2.12. The van der Waals surface area contributed by atoms with Crippen molar-refractivity contribution in [1.82, 2.24) is 9.78 Å². The van der Waals surface area contributed by atoms with Gasteiger partial charge in [-0.3, -0.25) is 4.68 Å². The van der Waals surface area contributed by atoms with Crippen LogP contribution in [0.1, 0.15) is 18.3 Å². The zero-order valence-electron chi connectivity index (χ0n) is 7.13. The fourth-order valence-electron chi connectivity index (χ4n) is 1.14. The van der Waals surface area contributed by atoms with Crippen LogP contribution < -0.4 is 0 Å². The lowest BCUT2D eigenvalue weighted by atomic mass is 10.2. The summed E-state index contributed by atoms with van der Waals surface area (Å²) in [5, 5.41) is 4.26. The summed E-state index contributed by atoms with van der Waals surface area (Å²) in [5.74, 6) is 0. The van der Waals surface area contributed by atoms with Crippen LogP contribution in [0.2, 0.25) is 0 Å². The van der Waals surface area contributed by atoms with Crippen molar-refractivity contribution in [3.63, 3.8) is 0 Å². The lowest BCUT2D eigenvalue weighted by Gasteiger charge is -2.02. The molecule has 0 fully saturated rings. The molecule has 1 rings (SSSR count). The zero-order chi connectivity index (χ0) is 8.43. The maximum Gasteiger partial charge on any atom is 0.0596 e. The monoisotopic (exact) mass is 216 g/mol. The summed E-state index contributed by atoms with van der Waals surface area (Å²) in [5.41, 5.74) is 2.38. The highest BCUT2D eigenvalue weighted by Crippen LogP contribution is 2.09. The Kier molecular flexibility index (Phi) is 2.71. The molecule has 0 aliphatic heterocycles. The molecule has 1 aromatic heterocycles. The molecule has 1 aromatic rings. The van der Waals surface area contributed by atoms with Gasteiger partial charge in [0.05, 0.1) is 5.69 Å². The van der Waals surface area contributed by atoms with E-state index in [0.29, 0.717) is 4.83 Å². The minimum Gasteiger partial charge on any atom is -0.272 e. The first kappa shape index (κ1) is 8.78. The Bertz CT molecular complexity index is 240. The van der Waals surface area contributed by atoms with Gasteiger partial charge in [0, 0.05) is 24.0 Å². The smallest absolute Gasteiger partial charge is 0.0596 e. The van der Waals surface area contributed by atoms with Crippen LogP contribution >= 0.6 is 15.9 Å². The van der Waals surface area contributed by atoms with E-state index >= 15 is 0 Å². The van der Waals surface area contributed by atoms with E-state index in [1.807, 2.05) is 18.7 Å². The zero-order valence-corrected chi connectivity index (χ0v) is 8.72. The van der Waals surface area contributed by atoms with Gasteiger partial charge in [0.1, 0.15) is 0 Å². The second-order valence-electron chi connectivity index (χ2n) is 2.89. The number of rotatable bonds is 2. The van der Waals surface area contributed by atoms with Crippen molar-refractivity contribution in [2.45, 2.75) is 25.1 Å². The molecule has 1 unspecified atom stereocenters. The fraction of sp³-hybridized carbons (Fsp3) is 0.625. The number of aryl methyl sites for hydroxylation is 2. The predicted octanol–water partition coefficient (Wildman–Crippen LogP) is 2.05. The largest absolute Gasteiger partial charge is 0.272 e. The average molecular weight is 217 g/mol. The maximum absolute atomic E-state index is 4.26. The highest BCUT2D eigenvalue weighted by molar-refractivity contribution is 9.09. The molecule has 0 aromatic carbocycles. The van der Waals surface area contributed by atoms with Crippen LogP contribution in [-0.2, 0) is 13.5 Å². The fourth-order valence-corrected chi connectivity index (χ4v) is 1.48. The van der Waals surface area contributed by atoms with Gasteiger partial charge in [-0.2, -0.15) is 5.10 Å². The highest BCUT2D eigenvalue weighted by atomic mass is 79.9. The molecule has 1 heterocycles. The van der Waals surface area contributed by atoms with Gasteiger partial charge in [0.25, 0.3) is 0 Å². The molecule has 0 saturated carbocycles. The van der Waals surface area contributed by atoms with Crippen LogP contribution in [0.15, 0.2) is 6.07 Å². The first-order valence-corrected chi connectivity index (χ1v) is 4.64. The minimum atomic E-state index is 0.525. The van der Waals surface area contributed by atoms with E-state index < -0.39 is 0 Å². The molecule has 0 bridgehead atoms. The first-order chi connectivity index (χ1) is 5.09. The average Bonchev–Trinajstić information content (AvgIpc) is 2.09. The van der Waals surface area contributed by atoms with Gasteiger partial charge in [-0.1, -0.05) is 22.9 Å². The lowest BCUT2D eigenvalue weighted by Crippen LogP contribution is -2.03. The number of alkyl halides is 1. The van der Waals surface area contributed by atoms with Crippen LogP contribution in [0.25, 0.3) is 0 Å². The SMILES string of the molecule is Cc1cc(CC(C)Br)n(C)n1. The van der Waals surface area contributed by atoms with Gasteiger partial charge < -0.3 is 0 Å². The van der Waals surface area contributed by atoms with Gasteiger partial charge in [-0.25, -0.2) is 0 Å². The summed E-state index contributed by atoms with van der Waals surface area (Å²) >= 11 is 3.51. The molecule has 0 saturated heterocycles. The van der Waals surface area contributed by atoms with Crippen molar-refractivity contribution >= 4 is 15.9 Å². The normalized spacial score (nSPS) is 13.5. The summed E-state index contributed by atoms with van der Waals surface area (Å²) in [6.07, 6.45) is 1.04. The Labute approximate surface area is 75.7 Å². The number of hydrogen-bond donors (Lipinski definition) is 0. The Morgan fingerprint density at radius 2 is 2.36 bits per heavy atom. The Morgan fingerprint density at radius 3 is 2.73 bits per heavy atom. The van der Waals surface area contributed by atoms with Gasteiger partial charge in [-0.05, 0) is 13.0 Å². The number of nitrogens with zero attached hydrogens (tertiary/aromatic N) is 2. The molecule has 1 atom stereocenters. The second kappa shape index (κ2) is 3.39. The van der Waals surface area contributed by atoms with Crippen LogP contribution in [0.4, 0.5) is 0 Å². The van der Waals surface area contributed by atoms with Gasteiger partial charge in [-0.15, -0.1) is 0 Å². The molecule has 2 nitrogen and oxygen atoms in total. The predicted molar refractivity (Wildman–Crippen MR) is 50.0 cm³/mol. The molecular formula is C8H13BrN2. The molecule has 0 N–H and O–H groups in total. The molecule has 11 heavy (non-hydrogen) atoms. The van der Waals surface area contributed by atoms with Crippen molar-refractivity contribution in [2.24, 2.45) is 7.05 Å². The van der Waals surface area contributed by atoms with Crippen LogP contribution in [0.5, 0.6) is 0 Å².